The zero-order valence-corrected chi connectivity index (χ0v) is 14.8. The van der Waals surface area contributed by atoms with Crippen LogP contribution in [0, 0.1) is 13.8 Å². The van der Waals surface area contributed by atoms with Crippen LogP contribution in [-0.4, -0.2) is 32.7 Å². The number of benzene rings is 1. The van der Waals surface area contributed by atoms with E-state index in [0.717, 1.165) is 15.6 Å². The van der Waals surface area contributed by atoms with Gasteiger partial charge in [0.2, 0.25) is 0 Å². The largest absolute Gasteiger partial charge is 0.479 e. The van der Waals surface area contributed by atoms with Gasteiger partial charge in [0, 0.05) is 17.3 Å². The van der Waals surface area contributed by atoms with Crippen molar-refractivity contribution >= 4 is 27.8 Å². The second-order valence-corrected chi connectivity index (χ2v) is 7.01. The predicted molar refractivity (Wildman–Crippen MR) is 90.9 cm³/mol. The van der Waals surface area contributed by atoms with E-state index in [0.29, 0.717) is 17.0 Å². The smallest absolute Gasteiger partial charge is 0.330 e. The molecule has 0 radical (unpaired) electrons. The fraction of sp³-hybridized carbons (Fsp3) is 0.294. The summed E-state index contributed by atoms with van der Waals surface area (Å²) in [6.07, 6.45) is 0.507. The number of rotatable bonds is 3. The summed E-state index contributed by atoms with van der Waals surface area (Å²) in [5, 5.41) is 20.3. The topological polar surface area (TPSA) is 92.2 Å². The molecular weight excluding hydrogens is 374 g/mol. The number of carboxylic acid groups (broad SMARTS) is 1. The van der Waals surface area contributed by atoms with Crippen molar-refractivity contribution < 1.29 is 14.7 Å². The highest BCUT2D eigenvalue weighted by Gasteiger charge is 2.45. The SMILES string of the molecule is Cc1cc(C(=O)NC2(C(=O)O)Cc3ccc(Br)cc3C2)c(C)nn1. The van der Waals surface area contributed by atoms with Crippen LogP contribution in [0.1, 0.15) is 32.9 Å². The fourth-order valence-electron chi connectivity index (χ4n) is 3.00. The summed E-state index contributed by atoms with van der Waals surface area (Å²) < 4.78 is 0.888. The quantitative estimate of drug-likeness (QED) is 0.839. The van der Waals surface area contributed by atoms with E-state index in [9.17, 15) is 14.7 Å². The van der Waals surface area contributed by atoms with Crippen LogP contribution in [-0.2, 0) is 17.6 Å². The standard InChI is InChI=1S/C17H16BrN3O3/c1-9-5-14(10(2)21-20-9)15(22)19-17(16(23)24)7-11-3-4-13(18)6-12(11)8-17/h3-6H,7-8H2,1-2H3,(H,19,22)(H,23,24). The number of amides is 1. The third-order valence-corrected chi connectivity index (χ3v) is 4.75. The van der Waals surface area contributed by atoms with Crippen molar-refractivity contribution in [2.45, 2.75) is 32.2 Å². The lowest BCUT2D eigenvalue weighted by molar-refractivity contribution is -0.144. The number of carboxylic acids is 1. The lowest BCUT2D eigenvalue weighted by Gasteiger charge is -2.25. The van der Waals surface area contributed by atoms with Crippen LogP contribution in [0.3, 0.4) is 0 Å². The molecule has 1 unspecified atom stereocenters. The molecule has 0 bridgehead atoms. The van der Waals surface area contributed by atoms with Gasteiger partial charge < -0.3 is 10.4 Å². The van der Waals surface area contributed by atoms with E-state index in [4.69, 9.17) is 0 Å². The van der Waals surface area contributed by atoms with Gasteiger partial charge >= 0.3 is 5.97 Å². The van der Waals surface area contributed by atoms with Gasteiger partial charge in [-0.15, -0.1) is 0 Å². The molecule has 1 aliphatic carbocycles. The van der Waals surface area contributed by atoms with Gasteiger partial charge in [-0.2, -0.15) is 10.2 Å². The number of aryl methyl sites for hydroxylation is 2. The van der Waals surface area contributed by atoms with Crippen LogP contribution in [0.15, 0.2) is 28.7 Å². The number of carbonyl (C=O) groups is 2. The van der Waals surface area contributed by atoms with Gasteiger partial charge in [-0.1, -0.05) is 22.0 Å². The average Bonchev–Trinajstić information content (AvgIpc) is 2.88. The molecule has 124 valence electrons. The molecule has 2 aromatic rings. The Balaban J connectivity index is 1.92. The van der Waals surface area contributed by atoms with Gasteiger partial charge in [0.15, 0.2) is 0 Å². The Kier molecular flexibility index (Phi) is 4.13. The normalized spacial score (nSPS) is 19.0. The lowest BCUT2D eigenvalue weighted by Crippen LogP contribution is -2.55. The van der Waals surface area contributed by atoms with E-state index >= 15 is 0 Å². The van der Waals surface area contributed by atoms with Crippen LogP contribution in [0.25, 0.3) is 0 Å². The van der Waals surface area contributed by atoms with E-state index in [2.05, 4.69) is 31.4 Å². The third kappa shape index (κ3) is 2.91. The number of aromatic nitrogens is 2. The molecule has 7 heteroatoms. The number of hydrogen-bond acceptors (Lipinski definition) is 4. The van der Waals surface area contributed by atoms with E-state index in [-0.39, 0.29) is 12.8 Å². The minimum Gasteiger partial charge on any atom is -0.479 e. The second-order valence-electron chi connectivity index (χ2n) is 6.09. The first-order valence-electron chi connectivity index (χ1n) is 7.45. The Morgan fingerprint density at radius 3 is 2.58 bits per heavy atom. The van der Waals surface area contributed by atoms with Crippen molar-refractivity contribution in [3.63, 3.8) is 0 Å². The Bertz CT molecular complexity index is 853. The molecule has 0 aliphatic heterocycles. The maximum Gasteiger partial charge on any atom is 0.330 e. The first kappa shape index (κ1) is 16.6. The van der Waals surface area contributed by atoms with E-state index < -0.39 is 17.4 Å². The molecule has 6 nitrogen and oxygen atoms in total. The number of hydrogen-bond donors (Lipinski definition) is 2. The summed E-state index contributed by atoms with van der Waals surface area (Å²) in [6, 6.07) is 7.28. The molecule has 1 heterocycles. The molecule has 0 fully saturated rings. The van der Waals surface area contributed by atoms with Gasteiger partial charge in [0.05, 0.1) is 17.0 Å². The molecule has 3 rings (SSSR count). The van der Waals surface area contributed by atoms with Crippen molar-refractivity contribution in [2.24, 2.45) is 0 Å². The third-order valence-electron chi connectivity index (χ3n) is 4.26. The summed E-state index contributed by atoms with van der Waals surface area (Å²) in [7, 11) is 0. The first-order chi connectivity index (χ1) is 11.3. The van der Waals surface area contributed by atoms with Crippen molar-refractivity contribution in [1.29, 1.82) is 0 Å². The second kappa shape index (κ2) is 5.98. The summed E-state index contributed by atoms with van der Waals surface area (Å²) in [5.74, 6) is -1.49. The number of halogens is 1. The van der Waals surface area contributed by atoms with Gasteiger partial charge in [-0.25, -0.2) is 4.79 Å². The summed E-state index contributed by atoms with van der Waals surface area (Å²) in [5.41, 5.74) is 1.93. The van der Waals surface area contributed by atoms with E-state index in [1.807, 2.05) is 18.2 Å². The van der Waals surface area contributed by atoms with Crippen LogP contribution in [0.5, 0.6) is 0 Å². The molecule has 0 saturated carbocycles. The van der Waals surface area contributed by atoms with Gasteiger partial charge in [0.25, 0.3) is 5.91 Å². The Hall–Kier alpha value is -2.28. The minimum atomic E-state index is -1.34. The van der Waals surface area contributed by atoms with Gasteiger partial charge in [-0.05, 0) is 43.2 Å². The molecule has 1 aliphatic rings. The fourth-order valence-corrected chi connectivity index (χ4v) is 3.41. The molecule has 1 amide bonds. The minimum absolute atomic E-state index is 0.249. The Morgan fingerprint density at radius 2 is 1.88 bits per heavy atom. The predicted octanol–water partition coefficient (Wildman–Crippen LogP) is 2.21. The Morgan fingerprint density at radius 1 is 1.17 bits per heavy atom. The van der Waals surface area contributed by atoms with Crippen molar-refractivity contribution in [3.8, 4) is 0 Å². The zero-order valence-electron chi connectivity index (χ0n) is 13.3. The molecule has 2 N–H and O–H groups in total. The number of nitrogens with one attached hydrogen (secondary N) is 1. The lowest BCUT2D eigenvalue weighted by atomic mass is 9.95. The van der Waals surface area contributed by atoms with Crippen LogP contribution >= 0.6 is 15.9 Å². The zero-order chi connectivity index (χ0) is 17.5. The van der Waals surface area contributed by atoms with Gasteiger partial charge in [0.1, 0.15) is 5.54 Å². The highest BCUT2D eigenvalue weighted by molar-refractivity contribution is 9.10. The monoisotopic (exact) mass is 389 g/mol. The van der Waals surface area contributed by atoms with Crippen LogP contribution < -0.4 is 5.32 Å². The maximum atomic E-state index is 12.6. The average molecular weight is 390 g/mol. The summed E-state index contributed by atoms with van der Waals surface area (Å²) in [6.45, 7) is 3.41. The number of aliphatic carboxylic acids is 1. The number of fused-ring (bicyclic) bond motifs is 1. The maximum absolute atomic E-state index is 12.6. The van der Waals surface area contributed by atoms with Crippen molar-refractivity contribution in [1.82, 2.24) is 15.5 Å². The molecule has 1 aromatic heterocycles. The molecule has 0 saturated heterocycles. The highest BCUT2D eigenvalue weighted by Crippen LogP contribution is 2.32. The number of carbonyl (C=O) groups excluding carboxylic acids is 1. The van der Waals surface area contributed by atoms with Crippen molar-refractivity contribution in [3.05, 3.63) is 56.8 Å². The summed E-state index contributed by atoms with van der Waals surface area (Å²) in [4.78, 5) is 24.6. The molecule has 1 atom stereocenters. The van der Waals surface area contributed by atoms with Gasteiger partial charge in [-0.3, -0.25) is 4.79 Å². The van der Waals surface area contributed by atoms with E-state index in [1.54, 1.807) is 19.9 Å². The van der Waals surface area contributed by atoms with E-state index in [1.165, 1.54) is 0 Å². The highest BCUT2D eigenvalue weighted by atomic mass is 79.9. The van der Waals surface area contributed by atoms with Crippen molar-refractivity contribution in [2.75, 3.05) is 0 Å². The van der Waals surface area contributed by atoms with Crippen LogP contribution in [0.4, 0.5) is 0 Å². The summed E-state index contributed by atoms with van der Waals surface area (Å²) >= 11 is 3.39. The number of nitrogens with zero attached hydrogens (tertiary/aromatic N) is 2. The molecule has 1 aromatic carbocycles. The molecule has 0 spiro atoms. The van der Waals surface area contributed by atoms with Crippen LogP contribution in [0.2, 0.25) is 0 Å². The molecular formula is C17H16BrN3O3. The molecule has 24 heavy (non-hydrogen) atoms. The first-order valence-corrected chi connectivity index (χ1v) is 8.24. The Labute approximate surface area is 147 Å².